The number of carboxylic acid groups (broad SMARTS) is 1. The Kier molecular flexibility index (Phi) is 4.48. The van der Waals surface area contributed by atoms with Gasteiger partial charge in [-0.05, 0) is 35.4 Å². The lowest BCUT2D eigenvalue weighted by molar-refractivity contribution is -0.136. The molecule has 2 heterocycles. The molecule has 0 aliphatic heterocycles. The van der Waals surface area contributed by atoms with Crippen LogP contribution in [0.25, 0.3) is 16.8 Å². The Morgan fingerprint density at radius 3 is 2.50 bits per heavy atom. The minimum atomic E-state index is -0.960. The lowest BCUT2D eigenvalue weighted by Gasteiger charge is -2.02. The Morgan fingerprint density at radius 2 is 1.79 bits per heavy atom. The molecule has 7 heteroatoms. The van der Waals surface area contributed by atoms with Crippen LogP contribution in [0, 0.1) is 0 Å². The van der Waals surface area contributed by atoms with Gasteiger partial charge < -0.3 is 14.8 Å². The second-order valence-electron chi connectivity index (χ2n) is 5.22. The number of imidazole rings is 1. The van der Waals surface area contributed by atoms with E-state index in [0.717, 1.165) is 11.1 Å². The average molecular weight is 344 g/mol. The number of hydrogen-bond donors (Lipinski definition) is 2. The number of halogens is 1. The summed E-state index contributed by atoms with van der Waals surface area (Å²) < 4.78 is 1.76. The van der Waals surface area contributed by atoms with E-state index in [1.165, 1.54) is 0 Å². The van der Waals surface area contributed by atoms with Crippen LogP contribution in [0.3, 0.4) is 0 Å². The normalized spacial score (nSPS) is 10.7. The van der Waals surface area contributed by atoms with Crippen molar-refractivity contribution in [2.24, 2.45) is 0 Å². The van der Waals surface area contributed by atoms with Crippen LogP contribution in [-0.4, -0.2) is 32.9 Å². The molecular weight excluding hydrogens is 330 g/mol. The summed E-state index contributed by atoms with van der Waals surface area (Å²) in [5.74, 6) is -1.36. The number of pyridine rings is 1. The first-order chi connectivity index (χ1) is 11.5. The molecule has 1 aromatic carbocycles. The summed E-state index contributed by atoms with van der Waals surface area (Å²) in [5.41, 5.74) is 2.85. The highest BCUT2D eigenvalue weighted by Gasteiger charge is 2.11. The zero-order chi connectivity index (χ0) is 17.1. The molecule has 122 valence electrons. The molecule has 2 aromatic heterocycles. The van der Waals surface area contributed by atoms with E-state index < -0.39 is 11.9 Å². The highest BCUT2D eigenvalue weighted by Crippen LogP contribution is 2.22. The molecule has 0 unspecified atom stereocenters. The van der Waals surface area contributed by atoms with Crippen LogP contribution in [0.5, 0.6) is 0 Å². The van der Waals surface area contributed by atoms with E-state index in [2.05, 4.69) is 10.3 Å². The van der Waals surface area contributed by atoms with E-state index in [-0.39, 0.29) is 18.7 Å². The third-order valence-electron chi connectivity index (χ3n) is 3.49. The van der Waals surface area contributed by atoms with Gasteiger partial charge in [-0.15, -0.1) is 0 Å². The number of fused-ring (bicyclic) bond motifs is 1. The fourth-order valence-corrected chi connectivity index (χ4v) is 2.41. The molecule has 24 heavy (non-hydrogen) atoms. The summed E-state index contributed by atoms with van der Waals surface area (Å²) in [6, 6.07) is 11.2. The molecular formula is C17H14ClN3O3. The van der Waals surface area contributed by atoms with Crippen molar-refractivity contribution in [2.45, 2.75) is 6.42 Å². The van der Waals surface area contributed by atoms with Crippen LogP contribution in [0.1, 0.15) is 16.9 Å². The van der Waals surface area contributed by atoms with E-state index >= 15 is 0 Å². The van der Waals surface area contributed by atoms with Crippen molar-refractivity contribution in [1.82, 2.24) is 14.7 Å². The molecule has 0 atom stereocenters. The predicted octanol–water partition coefficient (Wildman–Crippen LogP) is 2.86. The molecule has 0 aliphatic carbocycles. The Morgan fingerprint density at radius 1 is 1.08 bits per heavy atom. The van der Waals surface area contributed by atoms with Crippen molar-refractivity contribution >= 4 is 29.1 Å². The maximum atomic E-state index is 12.0. The molecule has 1 amide bonds. The molecule has 0 saturated heterocycles. The minimum absolute atomic E-state index is 0.0675. The van der Waals surface area contributed by atoms with Gasteiger partial charge in [0.05, 0.1) is 6.42 Å². The SMILES string of the molecule is O=C(O)CCNC(=O)c1cn2cc(-c3ccc(Cl)cc3)ccc2n1. The second kappa shape index (κ2) is 6.72. The van der Waals surface area contributed by atoms with E-state index in [1.807, 2.05) is 42.6 Å². The van der Waals surface area contributed by atoms with Crippen molar-refractivity contribution in [3.63, 3.8) is 0 Å². The first-order valence-electron chi connectivity index (χ1n) is 7.27. The Labute approximate surface area is 142 Å². The predicted molar refractivity (Wildman–Crippen MR) is 90.2 cm³/mol. The van der Waals surface area contributed by atoms with Crippen LogP contribution >= 0.6 is 11.6 Å². The number of amides is 1. The summed E-state index contributed by atoms with van der Waals surface area (Å²) in [6.07, 6.45) is 3.37. The van der Waals surface area contributed by atoms with Gasteiger partial charge in [-0.25, -0.2) is 4.98 Å². The highest BCUT2D eigenvalue weighted by molar-refractivity contribution is 6.30. The fraction of sp³-hybridized carbons (Fsp3) is 0.118. The third kappa shape index (κ3) is 3.55. The Balaban J connectivity index is 1.82. The summed E-state index contributed by atoms with van der Waals surface area (Å²) in [6.45, 7) is 0.0675. The van der Waals surface area contributed by atoms with Gasteiger partial charge in [0, 0.05) is 24.0 Å². The summed E-state index contributed by atoms with van der Waals surface area (Å²) in [7, 11) is 0. The standard InChI is InChI=1S/C17H14ClN3O3/c18-13-4-1-11(2-5-13)12-3-6-15-20-14(10-21(15)9-12)17(24)19-8-7-16(22)23/h1-6,9-10H,7-8H2,(H,19,24)(H,22,23). The maximum Gasteiger partial charge on any atom is 0.305 e. The van der Waals surface area contributed by atoms with Gasteiger partial charge >= 0.3 is 5.97 Å². The van der Waals surface area contributed by atoms with Crippen molar-refractivity contribution in [3.8, 4) is 11.1 Å². The molecule has 3 rings (SSSR count). The van der Waals surface area contributed by atoms with E-state index in [4.69, 9.17) is 16.7 Å². The lowest BCUT2D eigenvalue weighted by Crippen LogP contribution is -2.26. The summed E-state index contributed by atoms with van der Waals surface area (Å²) >= 11 is 5.90. The van der Waals surface area contributed by atoms with E-state index in [9.17, 15) is 9.59 Å². The smallest absolute Gasteiger partial charge is 0.305 e. The van der Waals surface area contributed by atoms with Crippen LogP contribution in [0.4, 0.5) is 0 Å². The number of aliphatic carboxylic acids is 1. The third-order valence-corrected chi connectivity index (χ3v) is 3.74. The quantitative estimate of drug-likeness (QED) is 0.746. The molecule has 0 aliphatic rings. The minimum Gasteiger partial charge on any atom is -0.481 e. The molecule has 0 bridgehead atoms. The number of aromatic nitrogens is 2. The Hall–Kier alpha value is -2.86. The van der Waals surface area contributed by atoms with Gasteiger partial charge in [-0.2, -0.15) is 0 Å². The zero-order valence-corrected chi connectivity index (χ0v) is 13.3. The molecule has 0 spiro atoms. The van der Waals surface area contributed by atoms with Crippen LogP contribution < -0.4 is 5.32 Å². The van der Waals surface area contributed by atoms with Gasteiger partial charge in [0.2, 0.25) is 0 Å². The number of carbonyl (C=O) groups is 2. The van der Waals surface area contributed by atoms with Crippen LogP contribution in [0.15, 0.2) is 48.8 Å². The van der Waals surface area contributed by atoms with Gasteiger partial charge in [0.1, 0.15) is 11.3 Å². The van der Waals surface area contributed by atoms with Crippen molar-refractivity contribution in [2.75, 3.05) is 6.54 Å². The first kappa shape index (κ1) is 16.0. The maximum absolute atomic E-state index is 12.0. The van der Waals surface area contributed by atoms with Crippen molar-refractivity contribution in [1.29, 1.82) is 0 Å². The van der Waals surface area contributed by atoms with E-state index in [0.29, 0.717) is 10.7 Å². The molecule has 0 radical (unpaired) electrons. The monoisotopic (exact) mass is 343 g/mol. The number of nitrogens with zero attached hydrogens (tertiary/aromatic N) is 2. The van der Waals surface area contributed by atoms with Gasteiger partial charge in [-0.3, -0.25) is 9.59 Å². The second-order valence-corrected chi connectivity index (χ2v) is 5.65. The molecule has 3 aromatic rings. The summed E-state index contributed by atoms with van der Waals surface area (Å²) in [5, 5.41) is 11.8. The van der Waals surface area contributed by atoms with E-state index in [1.54, 1.807) is 10.6 Å². The Bertz CT molecular complexity index is 903. The lowest BCUT2D eigenvalue weighted by atomic mass is 10.1. The number of hydrogen-bond acceptors (Lipinski definition) is 3. The number of carbonyl (C=O) groups excluding carboxylic acids is 1. The summed E-state index contributed by atoms with van der Waals surface area (Å²) in [4.78, 5) is 26.7. The van der Waals surface area contributed by atoms with Crippen LogP contribution in [0.2, 0.25) is 5.02 Å². The van der Waals surface area contributed by atoms with Crippen molar-refractivity contribution in [3.05, 3.63) is 59.5 Å². The number of benzene rings is 1. The first-order valence-corrected chi connectivity index (χ1v) is 7.65. The fourth-order valence-electron chi connectivity index (χ4n) is 2.29. The number of rotatable bonds is 5. The number of nitrogens with one attached hydrogen (secondary N) is 1. The zero-order valence-electron chi connectivity index (χ0n) is 12.6. The van der Waals surface area contributed by atoms with Crippen LogP contribution in [-0.2, 0) is 4.79 Å². The molecule has 2 N–H and O–H groups in total. The molecule has 0 saturated carbocycles. The molecule has 6 nitrogen and oxygen atoms in total. The topological polar surface area (TPSA) is 83.7 Å². The number of carboxylic acids is 1. The largest absolute Gasteiger partial charge is 0.481 e. The van der Waals surface area contributed by atoms with Gasteiger partial charge in [0.15, 0.2) is 0 Å². The molecule has 0 fully saturated rings. The van der Waals surface area contributed by atoms with Gasteiger partial charge in [0.25, 0.3) is 5.91 Å². The van der Waals surface area contributed by atoms with Gasteiger partial charge in [-0.1, -0.05) is 23.7 Å². The van der Waals surface area contributed by atoms with Crippen molar-refractivity contribution < 1.29 is 14.7 Å². The average Bonchev–Trinajstić information content (AvgIpc) is 2.98. The highest BCUT2D eigenvalue weighted by atomic mass is 35.5.